The van der Waals surface area contributed by atoms with Gasteiger partial charge in [0.25, 0.3) is 0 Å². The number of halogens is 3. The Kier molecular flexibility index (Phi) is 6.83. The molecule has 1 aromatic heterocycles. The van der Waals surface area contributed by atoms with Gasteiger partial charge in [0.1, 0.15) is 29.6 Å². The molecule has 168 valence electrons. The summed E-state index contributed by atoms with van der Waals surface area (Å²) in [4.78, 5) is 31.3. The number of aromatic nitrogens is 2. The largest absolute Gasteiger partial charge is 0.517 e. The molecular formula is C19H27F3N4O4. The van der Waals surface area contributed by atoms with E-state index in [-0.39, 0.29) is 17.1 Å². The molecule has 1 amide bonds. The monoisotopic (exact) mass is 432 g/mol. The molecule has 0 aliphatic heterocycles. The number of ether oxygens (including phenoxy) is 2. The molecular weight excluding hydrogens is 405 g/mol. The Morgan fingerprint density at radius 3 is 2.27 bits per heavy atom. The topological polar surface area (TPSA) is 102 Å². The number of anilines is 2. The summed E-state index contributed by atoms with van der Waals surface area (Å²) in [6.45, 7) is 9.31. The van der Waals surface area contributed by atoms with E-state index in [0.717, 1.165) is 12.4 Å². The summed E-state index contributed by atoms with van der Waals surface area (Å²) in [5.74, 6) is -0.744. The molecule has 0 radical (unpaired) electrons. The first-order valence-electron chi connectivity index (χ1n) is 9.52. The number of hydrogen-bond acceptors (Lipinski definition) is 7. The van der Waals surface area contributed by atoms with Crippen LogP contribution in [0.25, 0.3) is 0 Å². The van der Waals surface area contributed by atoms with Crippen molar-refractivity contribution in [2.75, 3.05) is 10.6 Å². The van der Waals surface area contributed by atoms with Crippen molar-refractivity contribution in [1.82, 2.24) is 9.97 Å². The van der Waals surface area contributed by atoms with Gasteiger partial charge in [0.2, 0.25) is 0 Å². The molecule has 8 nitrogen and oxygen atoms in total. The molecule has 2 rings (SSSR count). The number of hydrogen-bond donors (Lipinski definition) is 2. The third kappa shape index (κ3) is 8.03. The van der Waals surface area contributed by atoms with E-state index in [9.17, 15) is 22.8 Å². The third-order valence-electron chi connectivity index (χ3n) is 4.14. The Hall–Kier alpha value is -2.59. The zero-order valence-electron chi connectivity index (χ0n) is 17.6. The van der Waals surface area contributed by atoms with Gasteiger partial charge < -0.3 is 14.8 Å². The lowest BCUT2D eigenvalue weighted by atomic mass is 9.84. The van der Waals surface area contributed by atoms with E-state index in [1.165, 1.54) is 0 Å². The number of rotatable bonds is 6. The van der Waals surface area contributed by atoms with Crippen LogP contribution in [-0.4, -0.2) is 40.0 Å². The molecule has 1 unspecified atom stereocenters. The molecule has 1 atom stereocenters. The number of amides is 1. The minimum Gasteiger partial charge on any atom is -0.428 e. The lowest BCUT2D eigenvalue weighted by molar-refractivity contribution is -0.146. The smallest absolute Gasteiger partial charge is 0.428 e. The van der Waals surface area contributed by atoms with E-state index in [1.807, 2.05) is 20.8 Å². The second-order valence-electron chi connectivity index (χ2n) is 9.15. The van der Waals surface area contributed by atoms with E-state index in [2.05, 4.69) is 25.3 Å². The molecule has 1 saturated carbocycles. The van der Waals surface area contributed by atoms with Crippen LogP contribution >= 0.6 is 0 Å². The van der Waals surface area contributed by atoms with Crippen molar-refractivity contribution in [3.63, 3.8) is 0 Å². The van der Waals surface area contributed by atoms with Gasteiger partial charge in [0, 0.05) is 6.07 Å². The quantitative estimate of drug-likeness (QED) is 0.474. The average molecular weight is 432 g/mol. The van der Waals surface area contributed by atoms with Crippen LogP contribution in [0.5, 0.6) is 0 Å². The highest BCUT2D eigenvalue weighted by molar-refractivity contribution is 5.90. The zero-order valence-corrected chi connectivity index (χ0v) is 17.6. The van der Waals surface area contributed by atoms with Gasteiger partial charge in [-0.3, -0.25) is 5.32 Å². The van der Waals surface area contributed by atoms with Crippen molar-refractivity contribution in [2.24, 2.45) is 11.3 Å². The highest BCUT2D eigenvalue weighted by atomic mass is 19.4. The van der Waals surface area contributed by atoms with Crippen LogP contribution in [0.3, 0.4) is 0 Å². The van der Waals surface area contributed by atoms with Crippen LogP contribution in [0.4, 0.5) is 34.4 Å². The molecule has 1 fully saturated rings. The van der Waals surface area contributed by atoms with E-state index >= 15 is 0 Å². The molecule has 1 aliphatic rings. The van der Waals surface area contributed by atoms with Gasteiger partial charge in [-0.25, -0.2) is 19.6 Å². The van der Waals surface area contributed by atoms with E-state index in [0.29, 0.717) is 19.3 Å². The van der Waals surface area contributed by atoms with Crippen molar-refractivity contribution >= 4 is 23.9 Å². The van der Waals surface area contributed by atoms with Gasteiger partial charge in [-0.2, -0.15) is 13.2 Å². The van der Waals surface area contributed by atoms with Crippen LogP contribution in [0, 0.1) is 11.3 Å². The second-order valence-corrected chi connectivity index (χ2v) is 9.15. The van der Waals surface area contributed by atoms with Crippen molar-refractivity contribution in [2.45, 2.75) is 71.7 Å². The van der Waals surface area contributed by atoms with E-state index in [1.54, 1.807) is 13.8 Å². The van der Waals surface area contributed by atoms with Crippen LogP contribution in [0.2, 0.25) is 0 Å². The van der Waals surface area contributed by atoms with Crippen molar-refractivity contribution in [3.8, 4) is 0 Å². The fraction of sp³-hybridized carbons (Fsp3) is 0.684. The summed E-state index contributed by atoms with van der Waals surface area (Å²) in [6, 6.07) is -0.607. The molecule has 1 aliphatic carbocycles. The zero-order chi connectivity index (χ0) is 22.7. The van der Waals surface area contributed by atoms with Gasteiger partial charge in [-0.15, -0.1) is 0 Å². The standard InChI is InChI=1S/C19H27F3N4O4/c1-17(2,3)9-18(4,5)30-16(28)29-15(27)26-13-8-12(23-10-24-13)25-14(11-6-7-11)19(20,21)22/h8,10-11,14H,6-7,9H2,1-5H3,(H2,23,24,25,26,27). The Bertz CT molecular complexity index is 774. The van der Waals surface area contributed by atoms with E-state index in [4.69, 9.17) is 4.74 Å². The molecule has 1 heterocycles. The Balaban J connectivity index is 1.92. The fourth-order valence-corrected chi connectivity index (χ4v) is 3.33. The van der Waals surface area contributed by atoms with Crippen LogP contribution in [0.1, 0.15) is 53.9 Å². The third-order valence-corrected chi connectivity index (χ3v) is 4.14. The first kappa shape index (κ1) is 23.7. The van der Waals surface area contributed by atoms with E-state index < -0.39 is 36.0 Å². The van der Waals surface area contributed by atoms with Crippen LogP contribution in [-0.2, 0) is 9.47 Å². The summed E-state index contributed by atoms with van der Waals surface area (Å²) in [5.41, 5.74) is -0.984. The number of alkyl halides is 3. The number of nitrogens with zero attached hydrogens (tertiary/aromatic N) is 2. The van der Waals surface area contributed by atoms with Gasteiger partial charge in [0.05, 0.1) is 0 Å². The number of carbonyl (C=O) groups is 2. The van der Waals surface area contributed by atoms with Crippen molar-refractivity contribution < 1.29 is 32.2 Å². The maximum absolute atomic E-state index is 13.1. The van der Waals surface area contributed by atoms with Gasteiger partial charge in [-0.1, -0.05) is 20.8 Å². The van der Waals surface area contributed by atoms with Crippen LogP contribution in [0.15, 0.2) is 12.4 Å². The SMILES string of the molecule is CC(C)(C)CC(C)(C)OC(=O)OC(=O)Nc1cc(NC(C2CC2)C(F)(F)F)ncn1. The summed E-state index contributed by atoms with van der Waals surface area (Å²) >= 11 is 0. The first-order chi connectivity index (χ1) is 13.6. The molecule has 0 bridgehead atoms. The molecule has 0 spiro atoms. The highest BCUT2D eigenvalue weighted by Crippen LogP contribution is 2.41. The molecule has 0 aromatic carbocycles. The Morgan fingerprint density at radius 1 is 1.13 bits per heavy atom. The molecule has 1 aromatic rings. The molecule has 2 N–H and O–H groups in total. The highest BCUT2D eigenvalue weighted by Gasteiger charge is 2.49. The summed E-state index contributed by atoms with van der Waals surface area (Å²) < 4.78 is 49.2. The predicted molar refractivity (Wildman–Crippen MR) is 103 cm³/mol. The number of carbonyl (C=O) groups excluding carboxylic acids is 2. The van der Waals surface area contributed by atoms with Gasteiger partial charge >= 0.3 is 18.4 Å². The molecule has 30 heavy (non-hydrogen) atoms. The predicted octanol–water partition coefficient (Wildman–Crippen LogP) is 5.13. The normalized spacial score (nSPS) is 15.9. The van der Waals surface area contributed by atoms with Crippen LogP contribution < -0.4 is 10.6 Å². The summed E-state index contributed by atoms with van der Waals surface area (Å²) in [7, 11) is 0. The summed E-state index contributed by atoms with van der Waals surface area (Å²) in [5, 5.41) is 4.50. The van der Waals surface area contributed by atoms with Crippen molar-refractivity contribution in [3.05, 3.63) is 12.4 Å². The number of nitrogens with one attached hydrogen (secondary N) is 2. The first-order valence-corrected chi connectivity index (χ1v) is 9.52. The Morgan fingerprint density at radius 2 is 1.73 bits per heavy atom. The van der Waals surface area contributed by atoms with Crippen molar-refractivity contribution in [1.29, 1.82) is 0 Å². The minimum absolute atomic E-state index is 0.108. The maximum Gasteiger partial charge on any atom is 0.517 e. The lowest BCUT2D eigenvalue weighted by Gasteiger charge is -2.31. The second kappa shape index (κ2) is 8.65. The summed E-state index contributed by atoms with van der Waals surface area (Å²) in [6.07, 6.45) is -4.32. The minimum atomic E-state index is -4.43. The lowest BCUT2D eigenvalue weighted by Crippen LogP contribution is -2.38. The van der Waals surface area contributed by atoms with Gasteiger partial charge in [0.15, 0.2) is 0 Å². The molecule has 11 heteroatoms. The molecule has 0 saturated heterocycles. The maximum atomic E-state index is 13.1. The Labute approximate surface area is 172 Å². The fourth-order valence-electron chi connectivity index (χ4n) is 3.33. The van der Waals surface area contributed by atoms with Gasteiger partial charge in [-0.05, 0) is 44.4 Å². The average Bonchev–Trinajstić information content (AvgIpc) is 3.32.